The Balaban J connectivity index is 1.43. The van der Waals surface area contributed by atoms with Gasteiger partial charge in [0.25, 0.3) is 0 Å². The van der Waals surface area contributed by atoms with E-state index in [2.05, 4.69) is 78.0 Å². The van der Waals surface area contributed by atoms with Crippen molar-refractivity contribution in [1.82, 2.24) is 19.8 Å². The fourth-order valence-corrected chi connectivity index (χ4v) is 4.47. The maximum absolute atomic E-state index is 5.01. The molecular formula is C25H34N4. The number of H-pyrrole nitrogens is 1. The van der Waals surface area contributed by atoms with Crippen LogP contribution in [0.15, 0.2) is 42.5 Å². The predicted octanol–water partition coefficient (Wildman–Crippen LogP) is 5.23. The number of fused-ring (bicyclic) bond motifs is 1. The van der Waals surface area contributed by atoms with Crippen LogP contribution in [-0.4, -0.2) is 52.0 Å². The summed E-state index contributed by atoms with van der Waals surface area (Å²) in [6.07, 6.45) is 3.95. The van der Waals surface area contributed by atoms with E-state index in [1.165, 1.54) is 60.1 Å². The van der Waals surface area contributed by atoms with Crippen molar-refractivity contribution in [3.63, 3.8) is 0 Å². The van der Waals surface area contributed by atoms with E-state index < -0.39 is 0 Å². The van der Waals surface area contributed by atoms with E-state index in [0.717, 1.165) is 25.5 Å². The average molecular weight is 391 g/mol. The molecule has 0 bridgehead atoms. The highest BCUT2D eigenvalue weighted by molar-refractivity contribution is 5.95. The lowest BCUT2D eigenvalue weighted by Crippen LogP contribution is -2.49. The van der Waals surface area contributed by atoms with E-state index >= 15 is 0 Å². The molecule has 1 saturated heterocycles. The minimum absolute atomic E-state index is 0.710. The van der Waals surface area contributed by atoms with Gasteiger partial charge in [-0.3, -0.25) is 9.80 Å². The van der Waals surface area contributed by atoms with Crippen LogP contribution in [0, 0.1) is 6.92 Å². The Labute approximate surface area is 174 Å². The van der Waals surface area contributed by atoms with Crippen molar-refractivity contribution in [3.8, 4) is 11.4 Å². The largest absolute Gasteiger partial charge is 0.342 e. The Bertz CT molecular complexity index is 932. The van der Waals surface area contributed by atoms with Crippen molar-refractivity contribution in [2.75, 3.05) is 26.2 Å². The monoisotopic (exact) mass is 390 g/mol. The fourth-order valence-electron chi connectivity index (χ4n) is 4.47. The van der Waals surface area contributed by atoms with Crippen LogP contribution in [0.2, 0.25) is 0 Å². The predicted molar refractivity (Wildman–Crippen MR) is 122 cm³/mol. The molecule has 0 spiro atoms. The molecule has 0 saturated carbocycles. The second-order valence-corrected chi connectivity index (χ2v) is 8.49. The number of benzene rings is 2. The standard InChI is InChI=1S/C25H34N4/c1-4-5-9-19(2)29-16-14-28(15-17-29)18-24-20(3)26-25(27-24)23-13-8-11-21-10-6-7-12-22(21)23/h6-8,10-13,19H,4-5,9,14-18H2,1-3H3,(H,26,27). The van der Waals surface area contributed by atoms with Crippen LogP contribution in [0.5, 0.6) is 0 Å². The van der Waals surface area contributed by atoms with Crippen LogP contribution in [-0.2, 0) is 6.54 Å². The fraction of sp³-hybridized carbons (Fsp3) is 0.480. The van der Waals surface area contributed by atoms with Crippen molar-refractivity contribution in [2.24, 2.45) is 0 Å². The summed E-state index contributed by atoms with van der Waals surface area (Å²) >= 11 is 0. The third-order valence-corrected chi connectivity index (χ3v) is 6.41. The first-order chi connectivity index (χ1) is 14.2. The Morgan fingerprint density at radius 3 is 2.59 bits per heavy atom. The first-order valence-corrected chi connectivity index (χ1v) is 11.2. The topological polar surface area (TPSA) is 35.2 Å². The van der Waals surface area contributed by atoms with Gasteiger partial charge in [-0.2, -0.15) is 0 Å². The van der Waals surface area contributed by atoms with E-state index in [9.17, 15) is 0 Å². The molecule has 1 fully saturated rings. The minimum Gasteiger partial charge on any atom is -0.342 e. The summed E-state index contributed by atoms with van der Waals surface area (Å²) < 4.78 is 0. The number of aryl methyl sites for hydroxylation is 1. The maximum atomic E-state index is 5.01. The quantitative estimate of drug-likeness (QED) is 0.599. The third-order valence-electron chi connectivity index (χ3n) is 6.41. The van der Waals surface area contributed by atoms with E-state index in [1.54, 1.807) is 0 Å². The van der Waals surface area contributed by atoms with Gasteiger partial charge in [-0.15, -0.1) is 0 Å². The molecule has 4 heteroatoms. The number of nitrogens with zero attached hydrogens (tertiary/aromatic N) is 3. The molecule has 29 heavy (non-hydrogen) atoms. The number of aromatic nitrogens is 2. The summed E-state index contributed by atoms with van der Waals surface area (Å²) in [7, 11) is 0. The number of rotatable bonds is 7. The smallest absolute Gasteiger partial charge is 0.138 e. The van der Waals surface area contributed by atoms with Crippen LogP contribution in [0.1, 0.15) is 44.5 Å². The highest BCUT2D eigenvalue weighted by atomic mass is 15.3. The van der Waals surface area contributed by atoms with Crippen LogP contribution in [0.3, 0.4) is 0 Å². The minimum atomic E-state index is 0.710. The molecule has 0 aliphatic carbocycles. The first-order valence-electron chi connectivity index (χ1n) is 11.2. The zero-order valence-corrected chi connectivity index (χ0v) is 18.1. The highest BCUT2D eigenvalue weighted by Crippen LogP contribution is 2.27. The number of unbranched alkanes of at least 4 members (excludes halogenated alkanes) is 1. The molecule has 1 aliphatic heterocycles. The van der Waals surface area contributed by atoms with Gasteiger partial charge in [-0.25, -0.2) is 4.98 Å². The van der Waals surface area contributed by atoms with E-state index in [1.807, 2.05) is 0 Å². The molecule has 1 atom stereocenters. The van der Waals surface area contributed by atoms with Crippen molar-refractivity contribution in [3.05, 3.63) is 53.9 Å². The van der Waals surface area contributed by atoms with Gasteiger partial charge in [0.1, 0.15) is 5.82 Å². The highest BCUT2D eigenvalue weighted by Gasteiger charge is 2.22. The van der Waals surface area contributed by atoms with Gasteiger partial charge in [-0.1, -0.05) is 62.2 Å². The van der Waals surface area contributed by atoms with Crippen LogP contribution < -0.4 is 0 Å². The Hall–Kier alpha value is -2.17. The average Bonchev–Trinajstić information content (AvgIpc) is 3.12. The lowest BCUT2D eigenvalue weighted by atomic mass is 10.0. The lowest BCUT2D eigenvalue weighted by molar-refractivity contribution is 0.0929. The SMILES string of the molecule is CCCCC(C)N1CCN(Cc2nc(-c3cccc4ccccc34)[nH]c2C)CC1. The molecule has 0 radical (unpaired) electrons. The normalized spacial score (nSPS) is 17.1. The van der Waals surface area contributed by atoms with Crippen LogP contribution in [0.4, 0.5) is 0 Å². The van der Waals surface area contributed by atoms with Gasteiger partial charge in [-0.05, 0) is 31.0 Å². The number of aromatic amines is 1. The second-order valence-electron chi connectivity index (χ2n) is 8.49. The Kier molecular flexibility index (Phi) is 6.31. The zero-order valence-electron chi connectivity index (χ0n) is 18.1. The van der Waals surface area contributed by atoms with Gasteiger partial charge >= 0.3 is 0 Å². The van der Waals surface area contributed by atoms with Crippen LogP contribution >= 0.6 is 0 Å². The molecule has 1 aromatic heterocycles. The second kappa shape index (κ2) is 9.10. The van der Waals surface area contributed by atoms with Crippen molar-refractivity contribution in [2.45, 2.75) is 52.6 Å². The molecular weight excluding hydrogens is 356 g/mol. The van der Waals surface area contributed by atoms with Crippen molar-refractivity contribution < 1.29 is 0 Å². The van der Waals surface area contributed by atoms with E-state index in [0.29, 0.717) is 6.04 Å². The zero-order chi connectivity index (χ0) is 20.2. The van der Waals surface area contributed by atoms with E-state index in [4.69, 9.17) is 4.98 Å². The molecule has 3 aromatic rings. The number of hydrogen-bond acceptors (Lipinski definition) is 3. The van der Waals surface area contributed by atoms with Crippen LogP contribution in [0.25, 0.3) is 22.2 Å². The Morgan fingerprint density at radius 1 is 1.03 bits per heavy atom. The molecule has 154 valence electrons. The van der Waals surface area contributed by atoms with Gasteiger partial charge in [0.2, 0.25) is 0 Å². The Morgan fingerprint density at radius 2 is 1.79 bits per heavy atom. The molecule has 2 aromatic carbocycles. The summed E-state index contributed by atoms with van der Waals surface area (Å²) in [5.74, 6) is 0.987. The van der Waals surface area contributed by atoms with Gasteiger partial charge in [0.15, 0.2) is 0 Å². The number of nitrogens with one attached hydrogen (secondary N) is 1. The maximum Gasteiger partial charge on any atom is 0.138 e. The summed E-state index contributed by atoms with van der Waals surface area (Å²) in [6, 6.07) is 15.7. The first kappa shape index (κ1) is 20.1. The summed E-state index contributed by atoms with van der Waals surface area (Å²) in [5, 5.41) is 2.51. The van der Waals surface area contributed by atoms with Crippen molar-refractivity contribution >= 4 is 10.8 Å². The van der Waals surface area contributed by atoms with Gasteiger partial charge in [0.05, 0.1) is 5.69 Å². The molecule has 0 amide bonds. The molecule has 1 unspecified atom stereocenters. The van der Waals surface area contributed by atoms with Crippen molar-refractivity contribution in [1.29, 1.82) is 0 Å². The number of imidazole rings is 1. The van der Waals surface area contributed by atoms with Gasteiger partial charge < -0.3 is 4.98 Å². The molecule has 1 N–H and O–H groups in total. The van der Waals surface area contributed by atoms with Gasteiger partial charge in [0, 0.05) is 50.0 Å². The molecule has 1 aliphatic rings. The van der Waals surface area contributed by atoms with E-state index in [-0.39, 0.29) is 0 Å². The lowest BCUT2D eigenvalue weighted by Gasteiger charge is -2.38. The number of piperazine rings is 1. The summed E-state index contributed by atoms with van der Waals surface area (Å²) in [5.41, 5.74) is 3.55. The molecule has 4 rings (SSSR count). The summed E-state index contributed by atoms with van der Waals surface area (Å²) in [6.45, 7) is 12.4. The third kappa shape index (κ3) is 4.54. The molecule has 2 heterocycles. The summed E-state index contributed by atoms with van der Waals surface area (Å²) in [4.78, 5) is 13.8. The molecule has 4 nitrogen and oxygen atoms in total. The number of hydrogen-bond donors (Lipinski definition) is 1.